The van der Waals surface area contributed by atoms with Crippen LogP contribution < -0.4 is 14.2 Å². The normalized spacial score (nSPS) is 22.9. The Morgan fingerprint density at radius 1 is 1.04 bits per heavy atom. The number of halogens is 2. The van der Waals surface area contributed by atoms with Crippen molar-refractivity contribution in [1.82, 2.24) is 4.72 Å². The number of hydrogen-bond acceptors (Lipinski definition) is 4. The zero-order valence-electron chi connectivity index (χ0n) is 14.8. The molecule has 0 aromatic heterocycles. The average molecular weight is 395 g/mol. The first kappa shape index (κ1) is 18.2. The summed E-state index contributed by atoms with van der Waals surface area (Å²) in [6, 6.07) is 12.2. The van der Waals surface area contributed by atoms with Gasteiger partial charge in [-0.3, -0.25) is 0 Å². The van der Waals surface area contributed by atoms with Gasteiger partial charge in [0.2, 0.25) is 10.0 Å². The van der Waals surface area contributed by atoms with Crippen molar-refractivity contribution in [3.63, 3.8) is 0 Å². The molecule has 0 saturated heterocycles. The monoisotopic (exact) mass is 395 g/mol. The van der Waals surface area contributed by atoms with Crippen molar-refractivity contribution < 1.29 is 26.7 Å². The third-order valence-electron chi connectivity index (χ3n) is 4.80. The second-order valence-electron chi connectivity index (χ2n) is 7.11. The molecule has 2 aliphatic rings. The fraction of sp³-hybridized carbons (Fsp3) is 0.368. The Hall–Kier alpha value is -2.19. The van der Waals surface area contributed by atoms with E-state index in [-0.39, 0.29) is 23.5 Å². The van der Waals surface area contributed by atoms with E-state index in [0.717, 1.165) is 23.1 Å². The zero-order chi connectivity index (χ0) is 19.4. The molecule has 1 saturated carbocycles. The Kier molecular flexibility index (Phi) is 4.16. The third kappa shape index (κ3) is 3.64. The van der Waals surface area contributed by atoms with Crippen LogP contribution in [0.1, 0.15) is 31.7 Å². The molecule has 4 rings (SSSR count). The number of sulfonamides is 1. The molecular weight excluding hydrogens is 376 g/mol. The van der Waals surface area contributed by atoms with Crippen molar-refractivity contribution >= 4 is 10.0 Å². The maximum absolute atomic E-state index is 13.1. The fourth-order valence-electron chi connectivity index (χ4n) is 3.09. The highest BCUT2D eigenvalue weighted by molar-refractivity contribution is 7.90. The molecular formula is C19H19F2NO4S. The number of nitrogens with one attached hydrogen (secondary N) is 1. The van der Waals surface area contributed by atoms with Crippen LogP contribution in [0.4, 0.5) is 8.78 Å². The van der Waals surface area contributed by atoms with Crippen LogP contribution in [-0.4, -0.2) is 26.0 Å². The van der Waals surface area contributed by atoms with Gasteiger partial charge in [0.25, 0.3) is 0 Å². The van der Waals surface area contributed by atoms with Gasteiger partial charge >= 0.3 is 6.29 Å². The predicted molar refractivity (Wildman–Crippen MR) is 96.4 cm³/mol. The number of alkyl halides is 2. The summed E-state index contributed by atoms with van der Waals surface area (Å²) in [7, 11) is -3.28. The molecule has 2 aromatic rings. The van der Waals surface area contributed by atoms with Crippen molar-refractivity contribution in [2.75, 3.05) is 0 Å². The molecule has 0 amide bonds. The van der Waals surface area contributed by atoms with E-state index in [0.29, 0.717) is 0 Å². The summed E-state index contributed by atoms with van der Waals surface area (Å²) in [6.07, 6.45) is -2.86. The van der Waals surface area contributed by atoms with E-state index < -0.39 is 21.6 Å². The van der Waals surface area contributed by atoms with Crippen LogP contribution in [0.2, 0.25) is 0 Å². The maximum atomic E-state index is 13.1. The summed E-state index contributed by atoms with van der Waals surface area (Å²) in [5.41, 5.74) is 2.62. The molecule has 8 heteroatoms. The van der Waals surface area contributed by atoms with Gasteiger partial charge in [-0.15, -0.1) is 8.78 Å². The fourth-order valence-corrected chi connectivity index (χ4v) is 4.05. The van der Waals surface area contributed by atoms with Crippen LogP contribution in [0, 0.1) is 0 Å². The number of rotatable bonds is 5. The minimum Gasteiger partial charge on any atom is -0.395 e. The van der Waals surface area contributed by atoms with Crippen LogP contribution in [0.15, 0.2) is 42.5 Å². The summed E-state index contributed by atoms with van der Waals surface area (Å²) < 4.78 is 61.8. The summed E-state index contributed by atoms with van der Waals surface area (Å²) in [6.45, 7) is 3.30. The molecule has 0 radical (unpaired) electrons. The average Bonchev–Trinajstić information content (AvgIpc) is 3.26. The summed E-state index contributed by atoms with van der Waals surface area (Å²) >= 11 is 0. The SMILES string of the molecule is CC(C)S(=O)(=O)N[C@@H]1C[C@H]1c1ccc(-c2ccc3c(c2)OC(F)(F)O3)cc1. The van der Waals surface area contributed by atoms with Crippen LogP contribution in [-0.2, 0) is 10.0 Å². The Morgan fingerprint density at radius 2 is 1.67 bits per heavy atom. The van der Waals surface area contributed by atoms with Crippen LogP contribution in [0.25, 0.3) is 11.1 Å². The molecule has 0 unspecified atom stereocenters. The van der Waals surface area contributed by atoms with E-state index in [1.54, 1.807) is 19.9 Å². The number of hydrogen-bond donors (Lipinski definition) is 1. The topological polar surface area (TPSA) is 64.6 Å². The van der Waals surface area contributed by atoms with E-state index in [4.69, 9.17) is 0 Å². The van der Waals surface area contributed by atoms with Gasteiger partial charge < -0.3 is 9.47 Å². The Morgan fingerprint density at radius 3 is 2.33 bits per heavy atom. The standard InChI is InChI=1S/C19H19F2NO4S/c1-11(2)27(23,24)22-16-10-15(16)13-5-3-12(4-6-13)14-7-8-17-18(9-14)26-19(20,21)25-17/h3-9,11,15-16,22H,10H2,1-2H3/t15-,16+/m0/s1. The lowest BCUT2D eigenvalue weighted by Gasteiger charge is -2.09. The van der Waals surface area contributed by atoms with Gasteiger partial charge in [-0.1, -0.05) is 30.3 Å². The predicted octanol–water partition coefficient (Wildman–Crippen LogP) is 3.86. The van der Waals surface area contributed by atoms with Crippen LogP contribution >= 0.6 is 0 Å². The van der Waals surface area contributed by atoms with E-state index in [1.165, 1.54) is 12.1 Å². The van der Waals surface area contributed by atoms with E-state index in [2.05, 4.69) is 14.2 Å². The highest BCUT2D eigenvalue weighted by Crippen LogP contribution is 2.44. The summed E-state index contributed by atoms with van der Waals surface area (Å²) in [4.78, 5) is 0. The van der Waals surface area contributed by atoms with Gasteiger partial charge in [0.1, 0.15) is 0 Å². The Bertz CT molecular complexity index is 974. The van der Waals surface area contributed by atoms with E-state index in [1.807, 2.05) is 24.3 Å². The van der Waals surface area contributed by atoms with Crippen molar-refractivity contribution in [3.05, 3.63) is 48.0 Å². The molecule has 1 heterocycles. The van der Waals surface area contributed by atoms with Gasteiger partial charge in [0.05, 0.1) is 5.25 Å². The minimum absolute atomic E-state index is 0.00641. The molecule has 2 aromatic carbocycles. The number of benzene rings is 2. The molecule has 0 bridgehead atoms. The largest absolute Gasteiger partial charge is 0.586 e. The third-order valence-corrected chi connectivity index (χ3v) is 6.67. The first-order valence-corrected chi connectivity index (χ1v) is 10.2. The molecule has 2 atom stereocenters. The minimum atomic E-state index is -3.63. The first-order chi connectivity index (χ1) is 12.6. The maximum Gasteiger partial charge on any atom is 0.586 e. The Balaban J connectivity index is 1.47. The number of ether oxygens (including phenoxy) is 2. The smallest absolute Gasteiger partial charge is 0.395 e. The lowest BCUT2D eigenvalue weighted by Crippen LogP contribution is -2.33. The molecule has 0 spiro atoms. The van der Waals surface area contributed by atoms with E-state index >= 15 is 0 Å². The second-order valence-corrected chi connectivity index (χ2v) is 9.38. The second kappa shape index (κ2) is 6.17. The van der Waals surface area contributed by atoms with Gasteiger partial charge in [-0.2, -0.15) is 0 Å². The van der Waals surface area contributed by atoms with E-state index in [9.17, 15) is 17.2 Å². The number of fused-ring (bicyclic) bond motifs is 1. The molecule has 5 nitrogen and oxygen atoms in total. The molecule has 1 N–H and O–H groups in total. The summed E-state index contributed by atoms with van der Waals surface area (Å²) in [5.74, 6) is 0.175. The Labute approximate surface area is 156 Å². The highest BCUT2D eigenvalue weighted by Gasteiger charge is 2.43. The molecule has 1 aliphatic heterocycles. The van der Waals surface area contributed by atoms with Crippen LogP contribution in [0.5, 0.6) is 11.5 Å². The van der Waals surface area contributed by atoms with Gasteiger partial charge in [0.15, 0.2) is 11.5 Å². The van der Waals surface area contributed by atoms with Crippen LogP contribution in [0.3, 0.4) is 0 Å². The van der Waals surface area contributed by atoms with Crippen molar-refractivity contribution in [3.8, 4) is 22.6 Å². The first-order valence-electron chi connectivity index (χ1n) is 8.66. The molecule has 1 fully saturated rings. The summed E-state index contributed by atoms with van der Waals surface area (Å²) in [5, 5.41) is -0.459. The lowest BCUT2D eigenvalue weighted by atomic mass is 10.0. The van der Waals surface area contributed by atoms with Gasteiger partial charge in [-0.25, -0.2) is 13.1 Å². The molecule has 27 heavy (non-hydrogen) atoms. The quantitative estimate of drug-likeness (QED) is 0.835. The van der Waals surface area contributed by atoms with Gasteiger partial charge in [0, 0.05) is 12.0 Å². The van der Waals surface area contributed by atoms with Gasteiger partial charge in [-0.05, 0) is 49.1 Å². The van der Waals surface area contributed by atoms with Crippen molar-refractivity contribution in [2.45, 2.75) is 43.8 Å². The van der Waals surface area contributed by atoms with Crippen molar-refractivity contribution in [2.24, 2.45) is 0 Å². The highest BCUT2D eigenvalue weighted by atomic mass is 32.2. The van der Waals surface area contributed by atoms with Crippen molar-refractivity contribution in [1.29, 1.82) is 0 Å². The molecule has 1 aliphatic carbocycles. The zero-order valence-corrected chi connectivity index (χ0v) is 15.6. The molecule has 144 valence electrons. The lowest BCUT2D eigenvalue weighted by molar-refractivity contribution is -0.286.